The van der Waals surface area contributed by atoms with Gasteiger partial charge in [-0.2, -0.15) is 5.26 Å². The highest BCUT2D eigenvalue weighted by Gasteiger charge is 2.37. The minimum atomic E-state index is -0.311. The topological polar surface area (TPSA) is 101 Å². The molecule has 3 aromatic rings. The minimum absolute atomic E-state index is 0.0990. The second-order valence-electron chi connectivity index (χ2n) is 5.43. The lowest BCUT2D eigenvalue weighted by molar-refractivity contribution is 0.379. The predicted octanol–water partition coefficient (Wildman–Crippen LogP) is 3.06. The molecule has 24 heavy (non-hydrogen) atoms. The van der Waals surface area contributed by atoms with Crippen LogP contribution in [0.5, 0.6) is 5.88 Å². The van der Waals surface area contributed by atoms with Crippen molar-refractivity contribution >= 4 is 11.3 Å². The lowest BCUT2D eigenvalue weighted by Gasteiger charge is -2.23. The highest BCUT2D eigenvalue weighted by atomic mass is 32.1. The number of hydrogen-bond acceptors (Lipinski definition) is 6. The smallest absolute Gasteiger partial charge is 0.244 e. The van der Waals surface area contributed by atoms with Crippen LogP contribution >= 0.6 is 11.3 Å². The van der Waals surface area contributed by atoms with Gasteiger partial charge in [-0.3, -0.25) is 10.1 Å². The van der Waals surface area contributed by atoms with E-state index in [0.29, 0.717) is 11.5 Å². The number of fused-ring (bicyclic) bond motifs is 1. The van der Waals surface area contributed by atoms with Gasteiger partial charge < -0.3 is 10.5 Å². The van der Waals surface area contributed by atoms with E-state index in [2.05, 4.69) is 21.3 Å². The Morgan fingerprint density at radius 1 is 1.38 bits per heavy atom. The molecular weight excluding hydrogens is 322 g/mol. The Hall–Kier alpha value is -3.11. The third-order valence-electron chi connectivity index (χ3n) is 4.02. The molecule has 0 aromatic carbocycles. The number of aromatic amines is 1. The van der Waals surface area contributed by atoms with Crippen LogP contribution in [0.15, 0.2) is 47.3 Å². The van der Waals surface area contributed by atoms with E-state index in [1.54, 1.807) is 17.5 Å². The number of aromatic nitrogens is 3. The quantitative estimate of drug-likeness (QED) is 0.749. The van der Waals surface area contributed by atoms with Gasteiger partial charge in [0.25, 0.3) is 0 Å². The van der Waals surface area contributed by atoms with Crippen LogP contribution in [0.3, 0.4) is 0 Å². The molecule has 3 N–H and O–H groups in total. The zero-order chi connectivity index (χ0) is 16.7. The van der Waals surface area contributed by atoms with Crippen molar-refractivity contribution < 1.29 is 4.74 Å². The summed E-state index contributed by atoms with van der Waals surface area (Å²) < 4.78 is 5.58. The Morgan fingerprint density at radius 2 is 2.25 bits per heavy atom. The molecule has 1 aliphatic heterocycles. The van der Waals surface area contributed by atoms with Crippen LogP contribution in [-0.4, -0.2) is 15.2 Å². The summed E-state index contributed by atoms with van der Waals surface area (Å²) in [6.45, 7) is 2.02. The molecule has 4 heterocycles. The molecule has 6 nitrogen and oxygen atoms in total. The summed E-state index contributed by atoms with van der Waals surface area (Å²) in [5.41, 5.74) is 9.75. The fourth-order valence-electron chi connectivity index (χ4n) is 2.89. The van der Waals surface area contributed by atoms with E-state index in [0.717, 1.165) is 27.4 Å². The number of ether oxygens (including phenoxy) is 1. The highest BCUT2D eigenvalue weighted by molar-refractivity contribution is 7.10. The second-order valence-corrected chi connectivity index (χ2v) is 6.37. The van der Waals surface area contributed by atoms with Gasteiger partial charge in [0.05, 0.1) is 22.9 Å². The molecule has 0 radical (unpaired) electrons. The molecule has 0 bridgehead atoms. The third-order valence-corrected chi connectivity index (χ3v) is 5.11. The first-order valence-corrected chi connectivity index (χ1v) is 8.20. The summed E-state index contributed by atoms with van der Waals surface area (Å²) in [4.78, 5) is 5.44. The number of nitrogens with two attached hydrogens (primary N) is 1. The van der Waals surface area contributed by atoms with Gasteiger partial charge in [-0.05, 0) is 36.1 Å². The Kier molecular flexibility index (Phi) is 3.32. The van der Waals surface area contributed by atoms with E-state index in [4.69, 9.17) is 10.5 Å². The number of nitriles is 1. The van der Waals surface area contributed by atoms with E-state index < -0.39 is 0 Å². The lowest BCUT2D eigenvalue weighted by Crippen LogP contribution is -2.20. The maximum absolute atomic E-state index is 9.64. The molecule has 7 heteroatoms. The minimum Gasteiger partial charge on any atom is -0.420 e. The number of aryl methyl sites for hydroxylation is 1. The normalized spacial score (nSPS) is 16.4. The van der Waals surface area contributed by atoms with Crippen LogP contribution in [-0.2, 0) is 0 Å². The van der Waals surface area contributed by atoms with Gasteiger partial charge in [0, 0.05) is 11.1 Å². The average molecular weight is 335 g/mol. The predicted molar refractivity (Wildman–Crippen MR) is 90.2 cm³/mol. The lowest BCUT2D eigenvalue weighted by atomic mass is 9.86. The van der Waals surface area contributed by atoms with Crippen molar-refractivity contribution in [2.45, 2.75) is 12.8 Å². The number of pyridine rings is 1. The van der Waals surface area contributed by atoms with Crippen molar-refractivity contribution in [3.8, 4) is 23.3 Å². The number of thiophene rings is 1. The van der Waals surface area contributed by atoms with Crippen molar-refractivity contribution in [1.29, 1.82) is 5.26 Å². The summed E-state index contributed by atoms with van der Waals surface area (Å²) in [7, 11) is 0. The maximum Gasteiger partial charge on any atom is 0.244 e. The maximum atomic E-state index is 9.64. The highest BCUT2D eigenvalue weighted by Crippen LogP contribution is 2.47. The van der Waals surface area contributed by atoms with E-state index in [1.165, 1.54) is 0 Å². The standard InChI is InChI=1S/C17H13N5OS/c1-9-5-7-24-15(9)12-10(8-18)16(19)23-17-13(12)14(21-22-17)11-4-2-3-6-20-11/h2-7,12H,19H2,1H3,(H,21,22). The first-order chi connectivity index (χ1) is 11.7. The Labute approximate surface area is 142 Å². The number of H-pyrrole nitrogens is 1. The molecule has 1 atom stereocenters. The first kappa shape index (κ1) is 14.5. The van der Waals surface area contributed by atoms with Gasteiger partial charge in [0.15, 0.2) is 0 Å². The van der Waals surface area contributed by atoms with E-state index in [-0.39, 0.29) is 11.8 Å². The Bertz CT molecular complexity index is 980. The summed E-state index contributed by atoms with van der Waals surface area (Å²) in [5, 5.41) is 18.9. The SMILES string of the molecule is Cc1ccsc1C1C(C#N)=C(N)Oc2n[nH]c(-c3ccccn3)c21. The largest absolute Gasteiger partial charge is 0.420 e. The zero-order valence-electron chi connectivity index (χ0n) is 12.8. The van der Waals surface area contributed by atoms with Crippen molar-refractivity contribution in [3.05, 3.63) is 63.3 Å². The second kappa shape index (κ2) is 5.51. The van der Waals surface area contributed by atoms with Gasteiger partial charge in [0.1, 0.15) is 11.6 Å². The Balaban J connectivity index is 1.98. The summed E-state index contributed by atoms with van der Waals surface area (Å²) in [5.74, 6) is 0.182. The van der Waals surface area contributed by atoms with Gasteiger partial charge in [-0.15, -0.1) is 16.4 Å². The van der Waals surface area contributed by atoms with Crippen LogP contribution < -0.4 is 10.5 Å². The molecule has 0 saturated heterocycles. The molecule has 3 aromatic heterocycles. The van der Waals surface area contributed by atoms with Crippen LogP contribution in [0.2, 0.25) is 0 Å². The number of hydrogen-bond donors (Lipinski definition) is 2. The van der Waals surface area contributed by atoms with Crippen molar-refractivity contribution in [1.82, 2.24) is 15.2 Å². The molecule has 0 amide bonds. The number of rotatable bonds is 2. The summed E-state index contributed by atoms with van der Waals surface area (Å²) >= 11 is 1.59. The molecule has 0 spiro atoms. The van der Waals surface area contributed by atoms with Crippen LogP contribution in [0, 0.1) is 18.3 Å². The fraction of sp³-hybridized carbons (Fsp3) is 0.118. The van der Waals surface area contributed by atoms with E-state index >= 15 is 0 Å². The molecule has 0 aliphatic carbocycles. The molecule has 1 aliphatic rings. The Morgan fingerprint density at radius 3 is 2.92 bits per heavy atom. The van der Waals surface area contributed by atoms with Gasteiger partial charge in [-0.1, -0.05) is 6.07 Å². The molecular formula is C17H13N5OS. The zero-order valence-corrected chi connectivity index (χ0v) is 13.6. The van der Waals surface area contributed by atoms with Gasteiger partial charge >= 0.3 is 0 Å². The van der Waals surface area contributed by atoms with E-state index in [1.807, 2.05) is 36.6 Å². The molecule has 1 unspecified atom stereocenters. The number of allylic oxidation sites excluding steroid dienone is 1. The van der Waals surface area contributed by atoms with Crippen molar-refractivity contribution in [2.75, 3.05) is 0 Å². The van der Waals surface area contributed by atoms with Crippen molar-refractivity contribution in [2.24, 2.45) is 5.73 Å². The van der Waals surface area contributed by atoms with Crippen LogP contribution in [0.4, 0.5) is 0 Å². The summed E-state index contributed by atoms with van der Waals surface area (Å²) in [6, 6.07) is 9.87. The monoisotopic (exact) mass is 335 g/mol. The molecule has 118 valence electrons. The van der Waals surface area contributed by atoms with Gasteiger partial charge in [0.2, 0.25) is 11.8 Å². The summed E-state index contributed by atoms with van der Waals surface area (Å²) in [6.07, 6.45) is 1.72. The number of nitrogens with zero attached hydrogens (tertiary/aromatic N) is 3. The fourth-order valence-corrected chi connectivity index (χ4v) is 3.94. The van der Waals surface area contributed by atoms with Gasteiger partial charge in [-0.25, -0.2) is 0 Å². The molecule has 0 saturated carbocycles. The average Bonchev–Trinajstić information content (AvgIpc) is 3.20. The first-order valence-electron chi connectivity index (χ1n) is 7.32. The van der Waals surface area contributed by atoms with Crippen LogP contribution in [0.1, 0.15) is 21.9 Å². The molecule has 0 fully saturated rings. The van der Waals surface area contributed by atoms with Crippen molar-refractivity contribution in [3.63, 3.8) is 0 Å². The van der Waals surface area contributed by atoms with Crippen LogP contribution in [0.25, 0.3) is 11.4 Å². The number of nitrogens with one attached hydrogen (secondary N) is 1. The third kappa shape index (κ3) is 2.08. The van der Waals surface area contributed by atoms with E-state index in [9.17, 15) is 5.26 Å². The molecule has 4 rings (SSSR count).